The van der Waals surface area contributed by atoms with Crippen molar-refractivity contribution in [2.45, 2.75) is 26.7 Å². The van der Waals surface area contributed by atoms with Gasteiger partial charge in [-0.2, -0.15) is 0 Å². The fourth-order valence-electron chi connectivity index (χ4n) is 3.74. The third kappa shape index (κ3) is 4.37. The first kappa shape index (κ1) is 20.5. The molecule has 0 unspecified atom stereocenters. The van der Waals surface area contributed by atoms with E-state index < -0.39 is 10.8 Å². The minimum atomic E-state index is -0.425. The average Bonchev–Trinajstić information content (AvgIpc) is 3.30. The van der Waals surface area contributed by atoms with Crippen LogP contribution in [0.2, 0.25) is 0 Å². The number of nitro groups is 1. The number of benzene rings is 2. The smallest absolute Gasteiger partial charge is 0.293 e. The van der Waals surface area contributed by atoms with E-state index in [4.69, 9.17) is 0 Å². The van der Waals surface area contributed by atoms with E-state index >= 15 is 0 Å². The normalized spacial score (nSPS) is 14.5. The number of aryl methyl sites for hydroxylation is 1. The van der Waals surface area contributed by atoms with Crippen LogP contribution in [0.5, 0.6) is 0 Å². The number of piperidine rings is 1. The van der Waals surface area contributed by atoms with Gasteiger partial charge in [0.15, 0.2) is 0 Å². The largest absolute Gasteiger partial charge is 0.366 e. The highest BCUT2D eigenvalue weighted by Crippen LogP contribution is 2.32. The van der Waals surface area contributed by atoms with Gasteiger partial charge >= 0.3 is 0 Å². The number of nitrogens with one attached hydrogen (secondary N) is 1. The lowest BCUT2D eigenvalue weighted by molar-refractivity contribution is -0.384. The van der Waals surface area contributed by atoms with E-state index in [1.165, 1.54) is 17.1 Å². The first-order valence-corrected chi connectivity index (χ1v) is 10.1. The highest BCUT2D eigenvalue weighted by Gasteiger charge is 2.25. The highest BCUT2D eigenvalue weighted by atomic mass is 16.6. The van der Waals surface area contributed by atoms with Crippen molar-refractivity contribution in [1.29, 1.82) is 0 Å². The Morgan fingerprint density at radius 2 is 1.94 bits per heavy atom. The summed E-state index contributed by atoms with van der Waals surface area (Å²) >= 11 is 0. The molecule has 1 fully saturated rings. The maximum absolute atomic E-state index is 12.8. The summed E-state index contributed by atoms with van der Waals surface area (Å²) in [6.45, 7) is 5.65. The van der Waals surface area contributed by atoms with Gasteiger partial charge in [-0.15, -0.1) is 5.10 Å². The summed E-state index contributed by atoms with van der Waals surface area (Å²) in [5.41, 5.74) is 2.93. The van der Waals surface area contributed by atoms with Crippen LogP contribution in [0.15, 0.2) is 42.7 Å². The lowest BCUT2D eigenvalue weighted by Gasteiger charge is -2.31. The molecule has 0 aliphatic carbocycles. The van der Waals surface area contributed by atoms with Crippen LogP contribution in [0.4, 0.5) is 17.1 Å². The van der Waals surface area contributed by atoms with Gasteiger partial charge in [0.05, 0.1) is 10.6 Å². The molecule has 0 spiro atoms. The molecule has 0 saturated carbocycles. The Balaban J connectivity index is 1.57. The van der Waals surface area contributed by atoms with Gasteiger partial charge in [-0.1, -0.05) is 13.0 Å². The number of rotatable bonds is 5. The van der Waals surface area contributed by atoms with Crippen molar-refractivity contribution in [1.82, 2.24) is 20.2 Å². The standard InChI is InChI=1S/C21H23N7O3/c1-14-7-9-26(10-8-14)18-6-4-16(11-20(18)28(30)31)21(29)23-17-5-3-15(2)19(12-17)27-13-22-24-25-27/h3-6,11-14H,7-10H2,1-2H3,(H,23,29). The Kier molecular flexibility index (Phi) is 5.61. The molecular weight excluding hydrogens is 398 g/mol. The van der Waals surface area contributed by atoms with Crippen molar-refractivity contribution in [2.24, 2.45) is 5.92 Å². The predicted molar refractivity (Wildman–Crippen MR) is 116 cm³/mol. The van der Waals surface area contributed by atoms with Crippen LogP contribution in [0.25, 0.3) is 5.69 Å². The molecule has 1 saturated heterocycles. The molecule has 1 amide bonds. The number of carbonyl (C=O) groups excluding carboxylic acids is 1. The molecule has 4 rings (SSSR count). The van der Waals surface area contributed by atoms with Gasteiger partial charge in [0.2, 0.25) is 0 Å². The fraction of sp³-hybridized carbons (Fsp3) is 0.333. The molecular formula is C21H23N7O3. The van der Waals surface area contributed by atoms with Gasteiger partial charge in [0.1, 0.15) is 12.0 Å². The van der Waals surface area contributed by atoms with Gasteiger partial charge < -0.3 is 10.2 Å². The lowest BCUT2D eigenvalue weighted by atomic mass is 9.98. The second-order valence-electron chi connectivity index (χ2n) is 7.84. The van der Waals surface area contributed by atoms with Crippen LogP contribution < -0.4 is 10.2 Å². The third-order valence-electron chi connectivity index (χ3n) is 5.62. The average molecular weight is 421 g/mol. The summed E-state index contributed by atoms with van der Waals surface area (Å²) < 4.78 is 1.50. The Morgan fingerprint density at radius 3 is 2.61 bits per heavy atom. The minimum absolute atomic E-state index is 0.0551. The molecule has 0 radical (unpaired) electrons. The zero-order valence-corrected chi connectivity index (χ0v) is 17.4. The number of carbonyl (C=O) groups is 1. The first-order valence-electron chi connectivity index (χ1n) is 10.1. The van der Waals surface area contributed by atoms with Gasteiger partial charge in [0.25, 0.3) is 11.6 Å². The summed E-state index contributed by atoms with van der Waals surface area (Å²) in [4.78, 5) is 26.1. The SMILES string of the molecule is Cc1ccc(NC(=O)c2ccc(N3CCC(C)CC3)c([N+](=O)[O-])c2)cc1-n1cnnn1. The molecule has 10 heteroatoms. The maximum atomic E-state index is 12.8. The Morgan fingerprint density at radius 1 is 1.16 bits per heavy atom. The van der Waals surface area contributed by atoms with Crippen LogP contribution in [0.1, 0.15) is 35.7 Å². The van der Waals surface area contributed by atoms with E-state index in [0.29, 0.717) is 17.3 Å². The van der Waals surface area contributed by atoms with E-state index in [2.05, 4.69) is 27.8 Å². The molecule has 0 atom stereocenters. The Bertz CT molecular complexity index is 1110. The summed E-state index contributed by atoms with van der Waals surface area (Å²) in [5, 5.41) is 25.6. The molecule has 1 aromatic heterocycles. The van der Waals surface area contributed by atoms with Crippen LogP contribution in [-0.4, -0.2) is 44.1 Å². The van der Waals surface area contributed by atoms with Crippen LogP contribution in [0.3, 0.4) is 0 Å². The van der Waals surface area contributed by atoms with Gasteiger partial charge in [-0.25, -0.2) is 4.68 Å². The molecule has 160 valence electrons. The van der Waals surface area contributed by atoms with E-state index in [9.17, 15) is 14.9 Å². The Labute approximate surface area is 179 Å². The van der Waals surface area contributed by atoms with Crippen molar-refractivity contribution >= 4 is 23.0 Å². The number of nitrogens with zero attached hydrogens (tertiary/aromatic N) is 6. The second-order valence-corrected chi connectivity index (χ2v) is 7.84. The molecule has 1 N–H and O–H groups in total. The predicted octanol–water partition coefficient (Wildman–Crippen LogP) is 3.37. The van der Waals surface area contributed by atoms with Crippen molar-refractivity contribution in [3.05, 3.63) is 64.0 Å². The summed E-state index contributed by atoms with van der Waals surface area (Å²) in [7, 11) is 0. The minimum Gasteiger partial charge on any atom is -0.366 e. The van der Waals surface area contributed by atoms with E-state index in [-0.39, 0.29) is 11.3 Å². The molecule has 0 bridgehead atoms. The molecule has 1 aliphatic rings. The number of nitro benzene ring substituents is 1. The molecule has 2 aromatic carbocycles. The van der Waals surface area contributed by atoms with Gasteiger partial charge in [-0.05, 0) is 65.9 Å². The van der Waals surface area contributed by atoms with Gasteiger partial charge in [0, 0.05) is 30.4 Å². The number of aromatic nitrogens is 4. The van der Waals surface area contributed by atoms with Crippen molar-refractivity contribution < 1.29 is 9.72 Å². The van der Waals surface area contributed by atoms with E-state index in [1.54, 1.807) is 24.3 Å². The molecule has 10 nitrogen and oxygen atoms in total. The number of tetrazole rings is 1. The lowest BCUT2D eigenvalue weighted by Crippen LogP contribution is -2.33. The van der Waals surface area contributed by atoms with Gasteiger partial charge in [-0.3, -0.25) is 14.9 Å². The maximum Gasteiger partial charge on any atom is 0.293 e. The second kappa shape index (κ2) is 8.50. The summed E-state index contributed by atoms with van der Waals surface area (Å²) in [6.07, 6.45) is 3.46. The molecule has 1 aliphatic heterocycles. The number of hydrogen-bond donors (Lipinski definition) is 1. The first-order chi connectivity index (χ1) is 14.9. The fourth-order valence-corrected chi connectivity index (χ4v) is 3.74. The third-order valence-corrected chi connectivity index (χ3v) is 5.62. The zero-order chi connectivity index (χ0) is 22.0. The van der Waals surface area contributed by atoms with Crippen LogP contribution in [-0.2, 0) is 0 Å². The Hall–Kier alpha value is -3.82. The monoisotopic (exact) mass is 421 g/mol. The van der Waals surface area contributed by atoms with Crippen molar-refractivity contribution in [3.63, 3.8) is 0 Å². The van der Waals surface area contributed by atoms with Crippen molar-refractivity contribution in [2.75, 3.05) is 23.3 Å². The van der Waals surface area contributed by atoms with E-state index in [1.807, 2.05) is 17.9 Å². The number of amides is 1. The van der Waals surface area contributed by atoms with E-state index in [0.717, 1.165) is 37.2 Å². The van der Waals surface area contributed by atoms with Crippen LogP contribution in [0, 0.1) is 23.0 Å². The number of hydrogen-bond acceptors (Lipinski definition) is 7. The quantitative estimate of drug-likeness (QED) is 0.495. The molecule has 2 heterocycles. The van der Waals surface area contributed by atoms with Crippen molar-refractivity contribution in [3.8, 4) is 5.69 Å². The molecule has 3 aromatic rings. The highest BCUT2D eigenvalue weighted by molar-refractivity contribution is 6.05. The zero-order valence-electron chi connectivity index (χ0n) is 17.4. The van der Waals surface area contributed by atoms with Crippen LogP contribution >= 0.6 is 0 Å². The molecule has 31 heavy (non-hydrogen) atoms. The summed E-state index contributed by atoms with van der Waals surface area (Å²) in [5.74, 6) is 0.196. The topological polar surface area (TPSA) is 119 Å². The summed E-state index contributed by atoms with van der Waals surface area (Å²) in [6, 6.07) is 10.0. The number of anilines is 2.